The smallest absolute Gasteiger partial charge is 0.254 e. The molecular weight excluding hydrogens is 427 g/mol. The number of carbonyl (C=O) groups is 1. The Hall–Kier alpha value is -1.96. The zero-order chi connectivity index (χ0) is 22.1. The first-order valence-corrected chi connectivity index (χ1v) is 11.9. The van der Waals surface area contributed by atoms with E-state index in [9.17, 15) is 17.6 Å². The number of hydrogen-bond acceptors (Lipinski definition) is 3. The van der Waals surface area contributed by atoms with Gasteiger partial charge in [0.1, 0.15) is 10.7 Å². The molecule has 1 atom stereocenters. The normalized spacial score (nSPS) is 15.3. The number of halogens is 2. The first-order chi connectivity index (χ1) is 14.2. The molecule has 1 fully saturated rings. The van der Waals surface area contributed by atoms with E-state index < -0.39 is 20.7 Å². The minimum absolute atomic E-state index is 0.0797. The summed E-state index contributed by atoms with van der Waals surface area (Å²) in [5.74, 6) is -1.17. The lowest BCUT2D eigenvalue weighted by Crippen LogP contribution is -2.36. The van der Waals surface area contributed by atoms with Crippen molar-refractivity contribution in [3.63, 3.8) is 0 Å². The van der Waals surface area contributed by atoms with E-state index in [1.807, 2.05) is 19.1 Å². The fourth-order valence-electron chi connectivity index (χ4n) is 3.60. The van der Waals surface area contributed by atoms with Gasteiger partial charge in [-0.25, -0.2) is 12.8 Å². The molecule has 0 radical (unpaired) electrons. The summed E-state index contributed by atoms with van der Waals surface area (Å²) in [6.07, 6.45) is 1.77. The molecule has 1 amide bonds. The van der Waals surface area contributed by atoms with Crippen LogP contribution in [0.4, 0.5) is 4.39 Å². The van der Waals surface area contributed by atoms with E-state index in [0.717, 1.165) is 30.5 Å². The molecule has 1 saturated carbocycles. The Morgan fingerprint density at radius 2 is 1.73 bits per heavy atom. The highest BCUT2D eigenvalue weighted by molar-refractivity contribution is 7.89. The second-order valence-electron chi connectivity index (χ2n) is 7.41. The van der Waals surface area contributed by atoms with Crippen LogP contribution in [0.25, 0.3) is 0 Å². The lowest BCUT2D eigenvalue weighted by atomic mass is 10.1. The molecular formula is C22H26ClFN2O3S. The van der Waals surface area contributed by atoms with Crippen LogP contribution in [-0.2, 0) is 10.0 Å². The number of carbonyl (C=O) groups excluding carboxylic acids is 1. The van der Waals surface area contributed by atoms with E-state index in [4.69, 9.17) is 11.6 Å². The zero-order valence-corrected chi connectivity index (χ0v) is 18.9. The van der Waals surface area contributed by atoms with Gasteiger partial charge in [0.25, 0.3) is 5.91 Å². The Labute approximate surface area is 182 Å². The van der Waals surface area contributed by atoms with Crippen molar-refractivity contribution in [3.05, 3.63) is 64.4 Å². The molecule has 30 heavy (non-hydrogen) atoms. The molecule has 1 aliphatic carbocycles. The Morgan fingerprint density at radius 1 is 1.13 bits per heavy atom. The monoisotopic (exact) mass is 452 g/mol. The first kappa shape index (κ1) is 22.7. The van der Waals surface area contributed by atoms with Gasteiger partial charge in [0.2, 0.25) is 10.0 Å². The third-order valence-corrected chi connectivity index (χ3v) is 7.76. The van der Waals surface area contributed by atoms with Crippen molar-refractivity contribution in [1.82, 2.24) is 9.21 Å². The molecule has 0 bridgehead atoms. The summed E-state index contributed by atoms with van der Waals surface area (Å²) in [6, 6.07) is 10.7. The summed E-state index contributed by atoms with van der Waals surface area (Å²) in [5, 5.41) is 0.611. The quantitative estimate of drug-likeness (QED) is 0.573. The van der Waals surface area contributed by atoms with Gasteiger partial charge in [-0.3, -0.25) is 4.79 Å². The van der Waals surface area contributed by atoms with Crippen molar-refractivity contribution in [3.8, 4) is 0 Å². The van der Waals surface area contributed by atoms with Crippen LogP contribution in [0.2, 0.25) is 5.02 Å². The van der Waals surface area contributed by atoms with E-state index in [1.165, 1.54) is 10.4 Å². The van der Waals surface area contributed by atoms with Crippen LogP contribution >= 0.6 is 11.6 Å². The van der Waals surface area contributed by atoms with Crippen LogP contribution in [0.1, 0.15) is 55.6 Å². The molecule has 1 aliphatic rings. The Morgan fingerprint density at radius 3 is 2.27 bits per heavy atom. The van der Waals surface area contributed by atoms with Crippen LogP contribution in [0, 0.1) is 5.82 Å². The van der Waals surface area contributed by atoms with Gasteiger partial charge in [-0.1, -0.05) is 37.6 Å². The number of hydrogen-bond donors (Lipinski definition) is 0. The summed E-state index contributed by atoms with van der Waals surface area (Å²) in [6.45, 7) is 5.75. The molecule has 0 aliphatic heterocycles. The van der Waals surface area contributed by atoms with Gasteiger partial charge in [-0.15, -0.1) is 0 Å². The highest BCUT2D eigenvalue weighted by Crippen LogP contribution is 2.36. The molecule has 0 heterocycles. The number of benzene rings is 2. The standard InChI is InChI=1S/C22H26ClFN2O3S/c1-4-25(5-2)30(28,29)21-14-17(8-13-20(21)24)22(27)26(19-11-12-19)15(3)16-6-9-18(23)10-7-16/h6-10,13-15,19H,4-5,11-12H2,1-3H3. The molecule has 0 saturated heterocycles. The highest BCUT2D eigenvalue weighted by atomic mass is 35.5. The van der Waals surface area contributed by atoms with Crippen molar-refractivity contribution in [2.75, 3.05) is 13.1 Å². The summed E-state index contributed by atoms with van der Waals surface area (Å²) in [5.41, 5.74) is 1.09. The fourth-order valence-corrected chi connectivity index (χ4v) is 5.27. The van der Waals surface area contributed by atoms with Crippen LogP contribution in [-0.4, -0.2) is 42.7 Å². The van der Waals surface area contributed by atoms with Crippen molar-refractivity contribution in [1.29, 1.82) is 0 Å². The molecule has 2 aromatic carbocycles. The van der Waals surface area contributed by atoms with E-state index >= 15 is 0 Å². The molecule has 5 nitrogen and oxygen atoms in total. The third-order valence-electron chi connectivity index (χ3n) is 5.45. The topological polar surface area (TPSA) is 57.7 Å². The third kappa shape index (κ3) is 4.53. The lowest BCUT2D eigenvalue weighted by Gasteiger charge is -2.30. The minimum Gasteiger partial charge on any atom is -0.329 e. The molecule has 8 heteroatoms. The summed E-state index contributed by atoms with van der Waals surface area (Å²) >= 11 is 5.98. The predicted octanol–water partition coefficient (Wildman–Crippen LogP) is 4.88. The van der Waals surface area contributed by atoms with E-state index in [0.29, 0.717) is 5.02 Å². The van der Waals surface area contributed by atoms with Gasteiger partial charge in [-0.2, -0.15) is 4.31 Å². The van der Waals surface area contributed by atoms with E-state index in [1.54, 1.807) is 30.9 Å². The minimum atomic E-state index is -4.02. The number of nitrogens with zero attached hydrogens (tertiary/aromatic N) is 2. The van der Waals surface area contributed by atoms with Crippen LogP contribution < -0.4 is 0 Å². The second-order valence-corrected chi connectivity index (χ2v) is 9.75. The Bertz CT molecular complexity index is 1020. The molecule has 2 aromatic rings. The van der Waals surface area contributed by atoms with Crippen LogP contribution in [0.3, 0.4) is 0 Å². The second kappa shape index (κ2) is 9.04. The summed E-state index contributed by atoms with van der Waals surface area (Å²) in [4.78, 5) is 14.7. The molecule has 0 aromatic heterocycles. The maximum Gasteiger partial charge on any atom is 0.254 e. The van der Waals surface area contributed by atoms with Crippen molar-refractivity contribution < 1.29 is 17.6 Å². The number of rotatable bonds is 8. The van der Waals surface area contributed by atoms with Gasteiger partial charge in [0.15, 0.2) is 0 Å². The maximum absolute atomic E-state index is 14.5. The van der Waals surface area contributed by atoms with Crippen LogP contribution in [0.5, 0.6) is 0 Å². The van der Waals surface area contributed by atoms with Gasteiger partial charge >= 0.3 is 0 Å². The number of amides is 1. The van der Waals surface area contributed by atoms with Crippen molar-refractivity contribution >= 4 is 27.5 Å². The highest BCUT2D eigenvalue weighted by Gasteiger charge is 2.37. The average molecular weight is 453 g/mol. The predicted molar refractivity (Wildman–Crippen MR) is 116 cm³/mol. The van der Waals surface area contributed by atoms with E-state index in [-0.39, 0.29) is 36.6 Å². The first-order valence-electron chi connectivity index (χ1n) is 10.1. The average Bonchev–Trinajstić information content (AvgIpc) is 3.54. The van der Waals surface area contributed by atoms with Gasteiger partial charge in [0, 0.05) is 29.7 Å². The molecule has 0 N–H and O–H groups in total. The molecule has 1 unspecified atom stereocenters. The fraction of sp³-hybridized carbons (Fsp3) is 0.409. The number of sulfonamides is 1. The molecule has 3 rings (SSSR count). The molecule has 0 spiro atoms. The summed E-state index contributed by atoms with van der Waals surface area (Å²) < 4.78 is 41.3. The summed E-state index contributed by atoms with van der Waals surface area (Å²) in [7, 11) is -4.02. The van der Waals surface area contributed by atoms with Gasteiger partial charge in [-0.05, 0) is 55.7 Å². The Kier molecular flexibility index (Phi) is 6.84. The van der Waals surface area contributed by atoms with Crippen molar-refractivity contribution in [2.24, 2.45) is 0 Å². The van der Waals surface area contributed by atoms with Crippen LogP contribution in [0.15, 0.2) is 47.4 Å². The largest absolute Gasteiger partial charge is 0.329 e. The van der Waals surface area contributed by atoms with Crippen molar-refractivity contribution in [2.45, 2.75) is 50.6 Å². The zero-order valence-electron chi connectivity index (χ0n) is 17.3. The van der Waals surface area contributed by atoms with E-state index in [2.05, 4.69) is 0 Å². The Balaban J connectivity index is 1.97. The van der Waals surface area contributed by atoms with Gasteiger partial charge < -0.3 is 4.90 Å². The lowest BCUT2D eigenvalue weighted by molar-refractivity contribution is 0.0673. The van der Waals surface area contributed by atoms with Gasteiger partial charge in [0.05, 0.1) is 6.04 Å². The molecule has 162 valence electrons. The maximum atomic E-state index is 14.5. The SMILES string of the molecule is CCN(CC)S(=O)(=O)c1cc(C(=O)N(C2CC2)C(C)c2ccc(Cl)cc2)ccc1F.